The standard InChI is InChI=1S/C19H20F4N4O2/c1-10-13-7-16(29-12-2-4-24-5-3-12)14(20)6-11(13)9-27(10)15-8-25-26-18(28)17(15)19(21,22)23/h6-8,10,12,24H,2-5,9H2,1H3,(H,26,28). The molecule has 1 aromatic carbocycles. The van der Waals surface area contributed by atoms with Gasteiger partial charge in [0.05, 0.1) is 17.9 Å². The molecule has 0 amide bonds. The number of H-pyrrole nitrogens is 1. The highest BCUT2D eigenvalue weighted by molar-refractivity contribution is 5.59. The first-order chi connectivity index (χ1) is 13.8. The molecule has 0 radical (unpaired) electrons. The summed E-state index contributed by atoms with van der Waals surface area (Å²) in [4.78, 5) is 13.2. The van der Waals surface area contributed by atoms with Crippen LogP contribution in [0.15, 0.2) is 23.1 Å². The molecule has 29 heavy (non-hydrogen) atoms. The Morgan fingerprint density at radius 3 is 2.66 bits per heavy atom. The van der Waals surface area contributed by atoms with Crippen molar-refractivity contribution in [2.24, 2.45) is 0 Å². The SMILES string of the molecule is CC1c2cc(OC3CCNCC3)c(F)cc2CN1c1cn[nH]c(=O)c1C(F)(F)F. The van der Waals surface area contributed by atoms with Gasteiger partial charge >= 0.3 is 6.18 Å². The van der Waals surface area contributed by atoms with Gasteiger partial charge < -0.3 is 15.0 Å². The van der Waals surface area contributed by atoms with Crippen LogP contribution in [0.3, 0.4) is 0 Å². The first-order valence-electron chi connectivity index (χ1n) is 9.37. The average molecular weight is 412 g/mol. The van der Waals surface area contributed by atoms with Crippen LogP contribution in [0.25, 0.3) is 0 Å². The summed E-state index contributed by atoms with van der Waals surface area (Å²) in [6, 6.07) is 2.35. The van der Waals surface area contributed by atoms with Gasteiger partial charge in [0.25, 0.3) is 5.56 Å². The predicted molar refractivity (Wildman–Crippen MR) is 97.4 cm³/mol. The maximum Gasteiger partial charge on any atom is 0.423 e. The van der Waals surface area contributed by atoms with Crippen molar-refractivity contribution >= 4 is 5.69 Å². The molecule has 4 rings (SSSR count). The Kier molecular flexibility index (Phi) is 4.97. The van der Waals surface area contributed by atoms with Crippen LogP contribution in [-0.4, -0.2) is 29.4 Å². The highest BCUT2D eigenvalue weighted by atomic mass is 19.4. The first-order valence-corrected chi connectivity index (χ1v) is 9.37. The summed E-state index contributed by atoms with van der Waals surface area (Å²) in [5.41, 5.74) is -1.71. The Morgan fingerprint density at radius 1 is 1.24 bits per heavy atom. The van der Waals surface area contributed by atoms with Gasteiger partial charge in [0.15, 0.2) is 11.6 Å². The van der Waals surface area contributed by atoms with Gasteiger partial charge in [-0.2, -0.15) is 18.3 Å². The van der Waals surface area contributed by atoms with Crippen molar-refractivity contribution in [2.75, 3.05) is 18.0 Å². The second-order valence-corrected chi connectivity index (χ2v) is 7.31. The van der Waals surface area contributed by atoms with E-state index in [2.05, 4.69) is 10.4 Å². The van der Waals surface area contributed by atoms with Crippen LogP contribution in [0.4, 0.5) is 23.2 Å². The van der Waals surface area contributed by atoms with Gasteiger partial charge in [-0.3, -0.25) is 4.79 Å². The Hall–Kier alpha value is -2.62. The number of hydrogen-bond donors (Lipinski definition) is 2. The minimum Gasteiger partial charge on any atom is -0.487 e. The molecule has 2 aliphatic rings. The number of piperidine rings is 1. The first kappa shape index (κ1) is 19.7. The summed E-state index contributed by atoms with van der Waals surface area (Å²) >= 11 is 0. The van der Waals surface area contributed by atoms with Gasteiger partial charge in [0.1, 0.15) is 11.7 Å². The number of nitrogens with one attached hydrogen (secondary N) is 2. The summed E-state index contributed by atoms with van der Waals surface area (Å²) in [5, 5.41) is 8.56. The van der Waals surface area contributed by atoms with E-state index in [1.165, 1.54) is 11.0 Å². The van der Waals surface area contributed by atoms with Crippen molar-refractivity contribution in [1.29, 1.82) is 0 Å². The van der Waals surface area contributed by atoms with Gasteiger partial charge in [-0.05, 0) is 56.1 Å². The summed E-state index contributed by atoms with van der Waals surface area (Å²) in [6.07, 6.45) is -2.45. The van der Waals surface area contributed by atoms with Crippen LogP contribution < -0.4 is 20.5 Å². The van der Waals surface area contributed by atoms with Gasteiger partial charge in [-0.25, -0.2) is 9.49 Å². The fraction of sp³-hybridized carbons (Fsp3) is 0.474. The topological polar surface area (TPSA) is 70.2 Å². The van der Waals surface area contributed by atoms with Crippen molar-refractivity contribution in [3.05, 3.63) is 51.2 Å². The summed E-state index contributed by atoms with van der Waals surface area (Å²) in [5.74, 6) is -0.444. The third-order valence-corrected chi connectivity index (χ3v) is 5.46. The summed E-state index contributed by atoms with van der Waals surface area (Å²) < 4.78 is 60.7. The molecule has 1 aromatic heterocycles. The van der Waals surface area contributed by atoms with E-state index in [4.69, 9.17) is 4.74 Å². The quantitative estimate of drug-likeness (QED) is 0.758. The lowest BCUT2D eigenvalue weighted by molar-refractivity contribution is -0.138. The fourth-order valence-corrected chi connectivity index (χ4v) is 3.98. The monoisotopic (exact) mass is 412 g/mol. The van der Waals surface area contributed by atoms with Crippen LogP contribution in [0, 0.1) is 5.82 Å². The molecule has 6 nitrogen and oxygen atoms in total. The van der Waals surface area contributed by atoms with Crippen molar-refractivity contribution in [3.8, 4) is 5.75 Å². The minimum absolute atomic E-state index is 0.0370. The number of rotatable bonds is 3. The molecule has 1 atom stereocenters. The molecule has 1 fully saturated rings. The Morgan fingerprint density at radius 2 is 1.97 bits per heavy atom. The summed E-state index contributed by atoms with van der Waals surface area (Å²) in [7, 11) is 0. The van der Waals surface area contributed by atoms with E-state index in [1.807, 2.05) is 5.10 Å². The third-order valence-electron chi connectivity index (χ3n) is 5.46. The van der Waals surface area contributed by atoms with Crippen molar-refractivity contribution < 1.29 is 22.3 Å². The largest absolute Gasteiger partial charge is 0.487 e. The number of alkyl halides is 3. The van der Waals surface area contributed by atoms with E-state index in [9.17, 15) is 22.4 Å². The van der Waals surface area contributed by atoms with Gasteiger partial charge in [-0.1, -0.05) is 0 Å². The van der Waals surface area contributed by atoms with Crippen molar-refractivity contribution in [3.63, 3.8) is 0 Å². The molecular weight excluding hydrogens is 392 g/mol. The van der Waals surface area contributed by atoms with E-state index in [-0.39, 0.29) is 24.1 Å². The molecule has 10 heteroatoms. The predicted octanol–water partition coefficient (Wildman–Crippen LogP) is 3.14. The Labute approximate surface area is 163 Å². The molecular formula is C19H20F4N4O2. The number of fused-ring (bicyclic) bond motifs is 1. The zero-order valence-corrected chi connectivity index (χ0v) is 15.6. The van der Waals surface area contributed by atoms with Gasteiger partial charge in [0.2, 0.25) is 0 Å². The molecule has 0 aliphatic carbocycles. The number of benzene rings is 1. The third kappa shape index (κ3) is 3.68. The normalized spacial score (nSPS) is 20.0. The van der Waals surface area contributed by atoms with Crippen LogP contribution in [0.5, 0.6) is 5.75 Å². The fourth-order valence-electron chi connectivity index (χ4n) is 3.98. The molecule has 2 aliphatic heterocycles. The molecule has 2 N–H and O–H groups in total. The highest BCUT2D eigenvalue weighted by Gasteiger charge is 2.41. The number of hydrogen-bond acceptors (Lipinski definition) is 5. The second kappa shape index (κ2) is 7.33. The van der Waals surface area contributed by atoms with Gasteiger partial charge in [-0.15, -0.1) is 0 Å². The number of anilines is 1. The van der Waals surface area contributed by atoms with Crippen molar-refractivity contribution in [1.82, 2.24) is 15.5 Å². The lowest BCUT2D eigenvalue weighted by Gasteiger charge is -2.26. The molecule has 0 spiro atoms. The number of aromatic amines is 1. The van der Waals surface area contributed by atoms with Gasteiger partial charge in [0, 0.05) is 6.54 Å². The lowest BCUT2D eigenvalue weighted by atomic mass is 10.0. The minimum atomic E-state index is -4.84. The van der Waals surface area contributed by atoms with E-state index in [0.717, 1.165) is 32.1 Å². The zero-order valence-electron chi connectivity index (χ0n) is 15.6. The Balaban J connectivity index is 1.67. The smallest absolute Gasteiger partial charge is 0.423 e. The molecule has 0 bridgehead atoms. The van der Waals surface area contributed by atoms with Crippen LogP contribution in [-0.2, 0) is 12.7 Å². The average Bonchev–Trinajstić information content (AvgIpc) is 2.97. The van der Waals surface area contributed by atoms with Crippen LogP contribution in [0.1, 0.15) is 42.5 Å². The van der Waals surface area contributed by atoms with E-state index >= 15 is 0 Å². The second-order valence-electron chi connectivity index (χ2n) is 7.31. The zero-order chi connectivity index (χ0) is 20.8. The molecule has 1 unspecified atom stereocenters. The van der Waals surface area contributed by atoms with Crippen molar-refractivity contribution in [2.45, 2.75) is 44.6 Å². The highest BCUT2D eigenvalue weighted by Crippen LogP contribution is 2.43. The Bertz CT molecular complexity index is 970. The van der Waals surface area contributed by atoms with Crippen LogP contribution in [0.2, 0.25) is 0 Å². The van der Waals surface area contributed by atoms with E-state index < -0.39 is 29.2 Å². The van der Waals surface area contributed by atoms with Crippen LogP contribution >= 0.6 is 0 Å². The molecule has 1 saturated heterocycles. The molecule has 156 valence electrons. The number of ether oxygens (including phenoxy) is 1. The number of nitrogens with zero attached hydrogens (tertiary/aromatic N) is 2. The maximum absolute atomic E-state index is 14.6. The molecule has 2 aromatic rings. The van der Waals surface area contributed by atoms with E-state index in [1.54, 1.807) is 13.0 Å². The molecule has 0 saturated carbocycles. The number of halogens is 4. The summed E-state index contributed by atoms with van der Waals surface area (Å²) in [6.45, 7) is 3.32. The van der Waals surface area contributed by atoms with E-state index in [0.29, 0.717) is 11.1 Å². The lowest BCUT2D eigenvalue weighted by Crippen LogP contribution is -2.34. The molecule has 3 heterocycles. The number of aromatic nitrogens is 2. The maximum atomic E-state index is 14.6.